The van der Waals surface area contributed by atoms with Gasteiger partial charge in [-0.15, -0.1) is 0 Å². The molecule has 1 fully saturated rings. The number of morpholine rings is 1. The number of nitrogens with zero attached hydrogens (tertiary/aromatic N) is 2. The molecule has 0 bridgehead atoms. The molecule has 2 N–H and O–H groups in total. The third kappa shape index (κ3) is 3.83. The third-order valence-electron chi connectivity index (χ3n) is 5.14. The van der Waals surface area contributed by atoms with Gasteiger partial charge in [0.05, 0.1) is 18.7 Å². The van der Waals surface area contributed by atoms with E-state index in [-0.39, 0.29) is 11.0 Å². The van der Waals surface area contributed by atoms with Gasteiger partial charge in [0.2, 0.25) is 5.43 Å². The summed E-state index contributed by atoms with van der Waals surface area (Å²) in [6.45, 7) is 4.97. The molecule has 0 saturated carbocycles. The maximum absolute atomic E-state index is 12.5. The summed E-state index contributed by atoms with van der Waals surface area (Å²) in [7, 11) is 0. The minimum absolute atomic E-state index is 0.0163. The van der Waals surface area contributed by atoms with Gasteiger partial charge in [-0.1, -0.05) is 36.4 Å². The normalized spacial score (nSPS) is 15.0. The molecule has 2 heterocycles. The maximum atomic E-state index is 12.5. The van der Waals surface area contributed by atoms with E-state index in [1.807, 2.05) is 16.7 Å². The summed E-state index contributed by atoms with van der Waals surface area (Å²) in [6, 6.07) is 15.7. The van der Waals surface area contributed by atoms with Gasteiger partial charge in [-0.25, -0.2) is 0 Å². The number of ether oxygens (including phenoxy) is 1. The molecule has 0 atom stereocenters. The number of benzene rings is 2. The maximum Gasteiger partial charge on any atom is 0.254 e. The number of hydrogen-bond acceptors (Lipinski definition) is 4. The molecule has 1 amide bonds. The van der Waals surface area contributed by atoms with Crippen molar-refractivity contribution in [2.75, 3.05) is 26.3 Å². The minimum Gasteiger partial charge on any atom is -0.379 e. The second kappa shape index (κ2) is 7.96. The number of hydrogen-bond donors (Lipinski definition) is 1. The summed E-state index contributed by atoms with van der Waals surface area (Å²) >= 11 is 0. The molecule has 28 heavy (non-hydrogen) atoms. The second-order valence-corrected chi connectivity index (χ2v) is 7.09. The van der Waals surface area contributed by atoms with E-state index >= 15 is 0 Å². The third-order valence-corrected chi connectivity index (χ3v) is 5.14. The predicted molar refractivity (Wildman–Crippen MR) is 108 cm³/mol. The Bertz CT molecular complexity index is 1050. The van der Waals surface area contributed by atoms with Crippen LogP contribution in [-0.4, -0.2) is 41.7 Å². The molecule has 1 aliphatic heterocycles. The van der Waals surface area contributed by atoms with E-state index in [0.29, 0.717) is 11.9 Å². The highest BCUT2D eigenvalue weighted by atomic mass is 16.5. The Balaban J connectivity index is 1.60. The average molecular weight is 377 g/mol. The number of nitrogens with two attached hydrogens (primary N) is 1. The molecule has 2 aromatic carbocycles. The lowest BCUT2D eigenvalue weighted by Gasteiger charge is -2.26. The SMILES string of the molecule is NC(=O)c1cn(Cc2ccc(CN3CCOCC3)cc2)c2ccccc2c1=O. The summed E-state index contributed by atoms with van der Waals surface area (Å²) in [5, 5.41) is 0.503. The van der Waals surface area contributed by atoms with Gasteiger partial charge in [-0.3, -0.25) is 14.5 Å². The van der Waals surface area contributed by atoms with E-state index in [9.17, 15) is 9.59 Å². The van der Waals surface area contributed by atoms with Crippen molar-refractivity contribution in [1.29, 1.82) is 0 Å². The largest absolute Gasteiger partial charge is 0.379 e. The number of fused-ring (bicyclic) bond motifs is 1. The summed E-state index contributed by atoms with van der Waals surface area (Å²) < 4.78 is 7.30. The minimum atomic E-state index is -0.703. The van der Waals surface area contributed by atoms with Crippen LogP contribution in [0.4, 0.5) is 0 Å². The van der Waals surface area contributed by atoms with Gasteiger partial charge in [0.1, 0.15) is 5.56 Å². The van der Waals surface area contributed by atoms with E-state index < -0.39 is 5.91 Å². The number of pyridine rings is 1. The fourth-order valence-corrected chi connectivity index (χ4v) is 3.62. The lowest BCUT2D eigenvalue weighted by Crippen LogP contribution is -2.35. The van der Waals surface area contributed by atoms with Crippen molar-refractivity contribution in [3.63, 3.8) is 0 Å². The number of para-hydroxylation sites is 1. The average Bonchev–Trinajstić information content (AvgIpc) is 2.72. The standard InChI is InChI=1S/C22H23N3O3/c23-22(27)19-15-25(20-4-2-1-3-18(20)21(19)26)14-17-7-5-16(6-8-17)13-24-9-11-28-12-10-24/h1-8,15H,9-14H2,(H2,23,27). The van der Waals surface area contributed by atoms with Crippen LogP contribution in [0.2, 0.25) is 0 Å². The number of amides is 1. The highest BCUT2D eigenvalue weighted by molar-refractivity contribution is 5.96. The predicted octanol–water partition coefficient (Wildman–Crippen LogP) is 1.98. The Morgan fingerprint density at radius 1 is 0.964 bits per heavy atom. The molecule has 0 unspecified atom stereocenters. The molecule has 144 valence electrons. The van der Waals surface area contributed by atoms with Crippen LogP contribution in [0.5, 0.6) is 0 Å². The van der Waals surface area contributed by atoms with Crippen LogP contribution in [0.3, 0.4) is 0 Å². The fraction of sp³-hybridized carbons (Fsp3) is 0.273. The van der Waals surface area contributed by atoms with Crippen LogP contribution in [-0.2, 0) is 17.8 Å². The smallest absolute Gasteiger partial charge is 0.254 e. The van der Waals surface area contributed by atoms with E-state index in [0.717, 1.165) is 43.9 Å². The summed E-state index contributed by atoms with van der Waals surface area (Å²) in [5.41, 5.74) is 8.25. The van der Waals surface area contributed by atoms with Crippen LogP contribution in [0.1, 0.15) is 21.5 Å². The number of aromatic nitrogens is 1. The first-order valence-corrected chi connectivity index (χ1v) is 9.42. The van der Waals surface area contributed by atoms with E-state index in [4.69, 9.17) is 10.5 Å². The van der Waals surface area contributed by atoms with Gasteiger partial charge in [0.15, 0.2) is 0 Å². The molecule has 0 radical (unpaired) electrons. The van der Waals surface area contributed by atoms with Crippen molar-refractivity contribution in [3.8, 4) is 0 Å². The molecule has 1 saturated heterocycles. The second-order valence-electron chi connectivity index (χ2n) is 7.09. The van der Waals surface area contributed by atoms with Crippen molar-refractivity contribution in [2.45, 2.75) is 13.1 Å². The zero-order chi connectivity index (χ0) is 19.5. The summed E-state index contributed by atoms with van der Waals surface area (Å²) in [6.07, 6.45) is 1.56. The van der Waals surface area contributed by atoms with Gasteiger partial charge < -0.3 is 15.0 Å². The molecule has 6 nitrogen and oxygen atoms in total. The first-order chi connectivity index (χ1) is 13.6. The Labute approximate surface area is 163 Å². The van der Waals surface area contributed by atoms with E-state index in [1.54, 1.807) is 18.3 Å². The van der Waals surface area contributed by atoms with Gasteiger partial charge in [-0.2, -0.15) is 0 Å². The number of carbonyl (C=O) groups excluding carboxylic acids is 1. The lowest BCUT2D eigenvalue weighted by molar-refractivity contribution is 0.0342. The first kappa shape index (κ1) is 18.4. The quantitative estimate of drug-likeness (QED) is 0.738. The van der Waals surface area contributed by atoms with Crippen molar-refractivity contribution >= 4 is 16.8 Å². The van der Waals surface area contributed by atoms with Gasteiger partial charge in [0, 0.05) is 37.8 Å². The van der Waals surface area contributed by atoms with Crippen LogP contribution in [0.15, 0.2) is 59.5 Å². The number of primary amides is 1. The highest BCUT2D eigenvalue weighted by Gasteiger charge is 2.13. The molecule has 6 heteroatoms. The summed E-state index contributed by atoms with van der Waals surface area (Å²) in [5.74, 6) is -0.703. The topological polar surface area (TPSA) is 77.6 Å². The summed E-state index contributed by atoms with van der Waals surface area (Å²) in [4.78, 5) is 26.6. The van der Waals surface area contributed by atoms with Crippen molar-refractivity contribution in [2.24, 2.45) is 5.73 Å². The van der Waals surface area contributed by atoms with E-state index in [1.165, 1.54) is 5.56 Å². The molecule has 0 aliphatic carbocycles. The van der Waals surface area contributed by atoms with Gasteiger partial charge in [0.25, 0.3) is 5.91 Å². The molecule has 3 aromatic rings. The van der Waals surface area contributed by atoms with Crippen molar-refractivity contribution in [3.05, 3.63) is 81.6 Å². The van der Waals surface area contributed by atoms with Crippen molar-refractivity contribution in [1.82, 2.24) is 9.47 Å². The Morgan fingerprint density at radius 3 is 2.29 bits per heavy atom. The van der Waals surface area contributed by atoms with Crippen LogP contribution < -0.4 is 11.2 Å². The Kier molecular flexibility index (Phi) is 5.23. The zero-order valence-electron chi connectivity index (χ0n) is 15.6. The molecular weight excluding hydrogens is 354 g/mol. The van der Waals surface area contributed by atoms with E-state index in [2.05, 4.69) is 29.2 Å². The molecule has 1 aromatic heterocycles. The molecule has 4 rings (SSSR count). The van der Waals surface area contributed by atoms with Crippen LogP contribution in [0.25, 0.3) is 10.9 Å². The Hall–Kier alpha value is -2.96. The van der Waals surface area contributed by atoms with Crippen LogP contribution >= 0.6 is 0 Å². The monoisotopic (exact) mass is 377 g/mol. The molecular formula is C22H23N3O3. The van der Waals surface area contributed by atoms with Crippen molar-refractivity contribution < 1.29 is 9.53 Å². The highest BCUT2D eigenvalue weighted by Crippen LogP contribution is 2.15. The number of carbonyl (C=O) groups is 1. The fourth-order valence-electron chi connectivity index (χ4n) is 3.62. The first-order valence-electron chi connectivity index (χ1n) is 9.42. The van der Waals surface area contributed by atoms with Gasteiger partial charge in [-0.05, 0) is 23.3 Å². The lowest BCUT2D eigenvalue weighted by atomic mass is 10.1. The molecule has 0 spiro atoms. The van der Waals surface area contributed by atoms with Gasteiger partial charge >= 0.3 is 0 Å². The zero-order valence-corrected chi connectivity index (χ0v) is 15.6. The van der Waals surface area contributed by atoms with Crippen LogP contribution in [0, 0.1) is 0 Å². The number of rotatable bonds is 5. The Morgan fingerprint density at radius 2 is 1.61 bits per heavy atom. The molecule has 1 aliphatic rings.